The fourth-order valence-electron chi connectivity index (χ4n) is 0.360. The summed E-state index contributed by atoms with van der Waals surface area (Å²) in [6.45, 7) is 9.81. The molecule has 0 aliphatic rings. The number of rotatable bonds is 3. The second kappa shape index (κ2) is 10.4. The molecule has 0 bridgehead atoms. The van der Waals surface area contributed by atoms with Crippen LogP contribution in [0.1, 0.15) is 20.3 Å². The Morgan fingerprint density at radius 2 is 1.69 bits per heavy atom. The molecule has 2 N–H and O–H groups in total. The second-order valence-electron chi connectivity index (χ2n) is 2.03. The van der Waals surface area contributed by atoms with Gasteiger partial charge in [-0.05, 0) is 12.4 Å². The third-order valence-electron chi connectivity index (χ3n) is 0.889. The van der Waals surface area contributed by atoms with E-state index >= 15 is 0 Å². The SMILES string of the molecule is C=CNC(=O)CC.C=CNC(C)=O. The smallest absolute Gasteiger partial charge is 0.223 e. The predicted molar refractivity (Wildman–Crippen MR) is 52.6 cm³/mol. The molecule has 0 heterocycles. The van der Waals surface area contributed by atoms with E-state index in [4.69, 9.17) is 0 Å². The van der Waals surface area contributed by atoms with Crippen molar-refractivity contribution < 1.29 is 9.59 Å². The van der Waals surface area contributed by atoms with Gasteiger partial charge < -0.3 is 10.6 Å². The Morgan fingerprint density at radius 1 is 1.23 bits per heavy atom. The monoisotopic (exact) mass is 184 g/mol. The van der Waals surface area contributed by atoms with E-state index in [9.17, 15) is 9.59 Å². The number of amides is 2. The van der Waals surface area contributed by atoms with Crippen LogP contribution in [-0.2, 0) is 9.59 Å². The van der Waals surface area contributed by atoms with E-state index in [1.54, 1.807) is 6.92 Å². The molecule has 0 spiro atoms. The lowest BCUT2D eigenvalue weighted by molar-refractivity contribution is -0.120. The number of hydrogen-bond donors (Lipinski definition) is 2. The second-order valence-corrected chi connectivity index (χ2v) is 2.03. The van der Waals surface area contributed by atoms with Gasteiger partial charge in [-0.25, -0.2) is 0 Å². The van der Waals surface area contributed by atoms with Crippen LogP contribution >= 0.6 is 0 Å². The molecule has 0 radical (unpaired) electrons. The van der Waals surface area contributed by atoms with Gasteiger partial charge in [0.05, 0.1) is 0 Å². The van der Waals surface area contributed by atoms with Crippen molar-refractivity contribution in [2.24, 2.45) is 0 Å². The maximum atomic E-state index is 10.2. The molecule has 0 unspecified atom stereocenters. The van der Waals surface area contributed by atoms with Crippen LogP contribution in [0.4, 0.5) is 0 Å². The van der Waals surface area contributed by atoms with Gasteiger partial charge in [0.25, 0.3) is 0 Å². The van der Waals surface area contributed by atoms with Crippen LogP contribution < -0.4 is 10.6 Å². The molecule has 0 aliphatic heterocycles. The first kappa shape index (κ1) is 14.0. The zero-order valence-corrected chi connectivity index (χ0v) is 8.09. The molecule has 0 aromatic carbocycles. The highest BCUT2D eigenvalue weighted by molar-refractivity contribution is 5.76. The Labute approximate surface area is 78.7 Å². The molecule has 0 rings (SSSR count). The highest BCUT2D eigenvalue weighted by Crippen LogP contribution is 1.71. The standard InChI is InChI=1S/C5H9NO.C4H7NO/c1-3-5(7)6-4-2;1-3-5-4(2)6/h4H,2-3H2,1H3,(H,6,7);3H,1H2,2H3,(H,5,6). The van der Waals surface area contributed by atoms with Crippen LogP contribution in [-0.4, -0.2) is 11.8 Å². The minimum atomic E-state index is -0.0787. The summed E-state index contributed by atoms with van der Waals surface area (Å²) in [7, 11) is 0. The first-order valence-corrected chi connectivity index (χ1v) is 3.86. The summed E-state index contributed by atoms with van der Waals surface area (Å²) in [4.78, 5) is 20.1. The summed E-state index contributed by atoms with van der Waals surface area (Å²) in [5.41, 5.74) is 0. The summed E-state index contributed by atoms with van der Waals surface area (Å²) >= 11 is 0. The third kappa shape index (κ3) is 17.9. The largest absolute Gasteiger partial charge is 0.334 e. The summed E-state index contributed by atoms with van der Waals surface area (Å²) in [6.07, 6.45) is 3.25. The number of hydrogen-bond acceptors (Lipinski definition) is 2. The molecule has 4 heteroatoms. The van der Waals surface area contributed by atoms with Crippen molar-refractivity contribution >= 4 is 11.8 Å². The Kier molecular flexibility index (Phi) is 11.2. The van der Waals surface area contributed by atoms with Gasteiger partial charge in [-0.2, -0.15) is 0 Å². The topological polar surface area (TPSA) is 58.2 Å². The third-order valence-corrected chi connectivity index (χ3v) is 0.889. The lowest BCUT2D eigenvalue weighted by Crippen LogP contribution is -2.13. The molecule has 0 aromatic rings. The van der Waals surface area contributed by atoms with E-state index in [-0.39, 0.29) is 11.8 Å². The molecule has 74 valence electrons. The van der Waals surface area contributed by atoms with Crippen LogP contribution in [0.15, 0.2) is 25.6 Å². The Hall–Kier alpha value is -1.58. The van der Waals surface area contributed by atoms with Crippen LogP contribution in [0.2, 0.25) is 0 Å². The highest BCUT2D eigenvalue weighted by atomic mass is 16.2. The molecule has 4 nitrogen and oxygen atoms in total. The summed E-state index contributed by atoms with van der Waals surface area (Å²) in [5, 5.41) is 4.75. The van der Waals surface area contributed by atoms with E-state index in [2.05, 4.69) is 23.8 Å². The average molecular weight is 184 g/mol. The van der Waals surface area contributed by atoms with E-state index in [1.807, 2.05) is 0 Å². The molecule has 0 aliphatic carbocycles. The number of carbonyl (C=O) groups excluding carboxylic acids is 2. The summed E-state index contributed by atoms with van der Waals surface area (Å²) in [6, 6.07) is 0. The number of nitrogens with one attached hydrogen (secondary N) is 2. The quantitative estimate of drug-likeness (QED) is 0.685. The molecule has 0 aromatic heterocycles. The van der Waals surface area contributed by atoms with Crippen molar-refractivity contribution in [3.8, 4) is 0 Å². The first-order chi connectivity index (χ1) is 6.08. The van der Waals surface area contributed by atoms with Crippen molar-refractivity contribution in [1.29, 1.82) is 0 Å². The molecular weight excluding hydrogens is 168 g/mol. The van der Waals surface area contributed by atoms with Gasteiger partial charge in [-0.1, -0.05) is 20.1 Å². The van der Waals surface area contributed by atoms with Crippen molar-refractivity contribution in [3.63, 3.8) is 0 Å². The van der Waals surface area contributed by atoms with Gasteiger partial charge in [0.1, 0.15) is 0 Å². The molecule has 0 saturated carbocycles. The lowest BCUT2D eigenvalue weighted by Gasteiger charge is -1.89. The first-order valence-electron chi connectivity index (χ1n) is 3.86. The van der Waals surface area contributed by atoms with Crippen molar-refractivity contribution in [2.45, 2.75) is 20.3 Å². The minimum Gasteiger partial charge on any atom is -0.334 e. The Balaban J connectivity index is 0. The van der Waals surface area contributed by atoms with Crippen LogP contribution in [0.3, 0.4) is 0 Å². The van der Waals surface area contributed by atoms with Crippen LogP contribution in [0.25, 0.3) is 0 Å². The van der Waals surface area contributed by atoms with Gasteiger partial charge in [0.15, 0.2) is 0 Å². The highest BCUT2D eigenvalue weighted by Gasteiger charge is 1.86. The van der Waals surface area contributed by atoms with Gasteiger partial charge in [0, 0.05) is 13.3 Å². The summed E-state index contributed by atoms with van der Waals surface area (Å²) < 4.78 is 0. The summed E-state index contributed by atoms with van der Waals surface area (Å²) in [5.74, 6) is -0.0694. The van der Waals surface area contributed by atoms with Crippen LogP contribution in [0, 0.1) is 0 Å². The maximum absolute atomic E-state index is 10.2. The van der Waals surface area contributed by atoms with Crippen molar-refractivity contribution in [1.82, 2.24) is 10.6 Å². The van der Waals surface area contributed by atoms with E-state index in [0.29, 0.717) is 6.42 Å². The van der Waals surface area contributed by atoms with E-state index in [0.717, 1.165) is 0 Å². The molecule has 0 fully saturated rings. The fraction of sp³-hybridized carbons (Fsp3) is 0.333. The van der Waals surface area contributed by atoms with Gasteiger partial charge in [-0.3, -0.25) is 9.59 Å². The van der Waals surface area contributed by atoms with Crippen molar-refractivity contribution in [3.05, 3.63) is 25.6 Å². The molecular formula is C9H16N2O2. The van der Waals surface area contributed by atoms with Crippen molar-refractivity contribution in [2.75, 3.05) is 0 Å². The lowest BCUT2D eigenvalue weighted by atomic mass is 10.5. The molecule has 2 amide bonds. The van der Waals surface area contributed by atoms with E-state index < -0.39 is 0 Å². The predicted octanol–water partition coefficient (Wildman–Crippen LogP) is 0.922. The van der Waals surface area contributed by atoms with E-state index in [1.165, 1.54) is 19.3 Å². The zero-order valence-electron chi connectivity index (χ0n) is 8.09. The fourth-order valence-corrected chi connectivity index (χ4v) is 0.360. The average Bonchev–Trinajstić information content (AvgIpc) is 2.05. The number of carbonyl (C=O) groups is 2. The maximum Gasteiger partial charge on any atom is 0.223 e. The molecule has 0 saturated heterocycles. The molecule has 13 heavy (non-hydrogen) atoms. The Bertz CT molecular complexity index is 188. The zero-order chi connectivity index (χ0) is 10.7. The van der Waals surface area contributed by atoms with Gasteiger partial charge >= 0.3 is 0 Å². The van der Waals surface area contributed by atoms with Gasteiger partial charge in [0.2, 0.25) is 11.8 Å². The normalized spacial score (nSPS) is 7.23. The molecule has 0 atom stereocenters. The minimum absolute atomic E-state index is 0.00926. The van der Waals surface area contributed by atoms with Crippen LogP contribution in [0.5, 0.6) is 0 Å². The van der Waals surface area contributed by atoms with Gasteiger partial charge in [-0.15, -0.1) is 0 Å². The Morgan fingerprint density at radius 3 is 1.77 bits per heavy atom.